The molecule has 0 spiro atoms. The molecule has 0 aromatic heterocycles. The Kier molecular flexibility index (Phi) is 4.88. The lowest BCUT2D eigenvalue weighted by molar-refractivity contribution is -0.118. The Hall–Kier alpha value is -2.62. The molecule has 1 heterocycles. The molecule has 0 saturated heterocycles. The van der Waals surface area contributed by atoms with E-state index < -0.39 is 0 Å². The van der Waals surface area contributed by atoms with E-state index in [1.165, 1.54) is 0 Å². The number of hydrogen-bond acceptors (Lipinski definition) is 3. The number of carbonyl (C=O) groups is 1. The summed E-state index contributed by atoms with van der Waals surface area (Å²) in [5.74, 6) is 0.153. The maximum absolute atomic E-state index is 12.7. The van der Waals surface area contributed by atoms with Crippen molar-refractivity contribution in [2.75, 3.05) is 24.3 Å². The first-order chi connectivity index (χ1) is 12.0. The summed E-state index contributed by atoms with van der Waals surface area (Å²) in [5, 5.41) is 3.08. The minimum atomic E-state index is -0.379. The van der Waals surface area contributed by atoms with Crippen molar-refractivity contribution in [2.45, 2.75) is 26.3 Å². The van der Waals surface area contributed by atoms with Crippen LogP contribution in [0.4, 0.5) is 11.4 Å². The molecule has 0 fully saturated rings. The van der Waals surface area contributed by atoms with Gasteiger partial charge in [0.05, 0.1) is 11.4 Å². The van der Waals surface area contributed by atoms with E-state index in [1.807, 2.05) is 44.4 Å². The molecule has 25 heavy (non-hydrogen) atoms. The van der Waals surface area contributed by atoms with Crippen molar-refractivity contribution < 1.29 is 4.79 Å². The summed E-state index contributed by atoms with van der Waals surface area (Å²) in [6.45, 7) is 4.18. The number of benzodiazepines with no additional fused rings is 1. The third-order valence-electron chi connectivity index (χ3n) is 4.80. The van der Waals surface area contributed by atoms with Gasteiger partial charge in [-0.2, -0.15) is 0 Å². The number of hydrogen-bond donors (Lipinski definition) is 1. The number of anilines is 2. The third kappa shape index (κ3) is 3.43. The number of nitrogens with one attached hydrogen (secondary N) is 1. The van der Waals surface area contributed by atoms with Gasteiger partial charge in [-0.15, -0.1) is 0 Å². The SMILES string of the molecule is CC[C@H](C)[C@@H]1N=C(c2ccccc2)c2cc(N(C)C)ccc2NC1=O. The fourth-order valence-electron chi connectivity index (χ4n) is 3.02. The second kappa shape index (κ2) is 7.09. The Morgan fingerprint density at radius 2 is 1.88 bits per heavy atom. The van der Waals surface area contributed by atoms with Crippen LogP contribution in [0.5, 0.6) is 0 Å². The molecule has 2 aromatic rings. The second-order valence-corrected chi connectivity index (χ2v) is 6.79. The maximum Gasteiger partial charge on any atom is 0.249 e. The molecule has 2 atom stereocenters. The van der Waals surface area contributed by atoms with Gasteiger partial charge in [-0.25, -0.2) is 0 Å². The molecule has 1 aliphatic rings. The molecule has 0 radical (unpaired) electrons. The zero-order chi connectivity index (χ0) is 18.0. The molecular formula is C21H25N3O. The number of rotatable bonds is 4. The van der Waals surface area contributed by atoms with Gasteiger partial charge in [0.15, 0.2) is 0 Å². The molecule has 4 heteroatoms. The minimum absolute atomic E-state index is 0.0286. The zero-order valence-corrected chi connectivity index (χ0v) is 15.3. The molecule has 1 N–H and O–H groups in total. The fourth-order valence-corrected chi connectivity index (χ4v) is 3.02. The van der Waals surface area contributed by atoms with Crippen LogP contribution < -0.4 is 10.2 Å². The normalized spacial score (nSPS) is 17.8. The standard InChI is InChI=1S/C21H25N3O/c1-5-14(2)19-21(25)22-18-12-11-16(24(3)4)13-17(18)20(23-19)15-9-7-6-8-10-15/h6-14,19H,5H2,1-4H3,(H,22,25)/t14-,19-/m0/s1. The molecule has 130 valence electrons. The smallest absolute Gasteiger partial charge is 0.249 e. The maximum atomic E-state index is 12.7. The number of carbonyl (C=O) groups excluding carboxylic acids is 1. The molecule has 3 rings (SSSR count). The molecule has 0 saturated carbocycles. The van der Waals surface area contributed by atoms with Crippen LogP contribution in [0.25, 0.3) is 0 Å². The first-order valence-corrected chi connectivity index (χ1v) is 8.77. The van der Waals surface area contributed by atoms with Crippen molar-refractivity contribution in [3.63, 3.8) is 0 Å². The van der Waals surface area contributed by atoms with E-state index in [1.54, 1.807) is 0 Å². The van der Waals surface area contributed by atoms with Crippen molar-refractivity contribution in [1.82, 2.24) is 0 Å². The van der Waals surface area contributed by atoms with E-state index in [4.69, 9.17) is 4.99 Å². The monoisotopic (exact) mass is 335 g/mol. The lowest BCUT2D eigenvalue weighted by atomic mass is 9.97. The predicted molar refractivity (Wildman–Crippen MR) is 105 cm³/mol. The largest absolute Gasteiger partial charge is 0.378 e. The van der Waals surface area contributed by atoms with E-state index in [0.29, 0.717) is 0 Å². The number of aliphatic imine (C=N–C) groups is 1. The fraction of sp³-hybridized carbons (Fsp3) is 0.333. The molecule has 0 unspecified atom stereocenters. The summed E-state index contributed by atoms with van der Waals surface area (Å²) in [6, 6.07) is 15.8. The Balaban J connectivity index is 2.21. The van der Waals surface area contributed by atoms with Gasteiger partial charge in [-0.3, -0.25) is 9.79 Å². The van der Waals surface area contributed by atoms with Crippen molar-refractivity contribution >= 4 is 23.0 Å². The van der Waals surface area contributed by atoms with Crippen LogP contribution in [0, 0.1) is 5.92 Å². The average molecular weight is 335 g/mol. The van der Waals surface area contributed by atoms with Gasteiger partial charge in [0.2, 0.25) is 5.91 Å². The molecular weight excluding hydrogens is 310 g/mol. The number of nitrogens with zero attached hydrogens (tertiary/aromatic N) is 2. The zero-order valence-electron chi connectivity index (χ0n) is 15.3. The van der Waals surface area contributed by atoms with Crippen LogP contribution in [0.15, 0.2) is 53.5 Å². The highest BCUT2D eigenvalue weighted by Gasteiger charge is 2.29. The molecule has 0 aliphatic carbocycles. The Morgan fingerprint density at radius 3 is 2.52 bits per heavy atom. The van der Waals surface area contributed by atoms with Gasteiger partial charge in [-0.1, -0.05) is 50.6 Å². The van der Waals surface area contributed by atoms with E-state index in [-0.39, 0.29) is 17.9 Å². The van der Waals surface area contributed by atoms with Crippen LogP contribution in [0.3, 0.4) is 0 Å². The van der Waals surface area contributed by atoms with Crippen molar-refractivity contribution in [1.29, 1.82) is 0 Å². The molecule has 1 amide bonds. The lowest BCUT2D eigenvalue weighted by Crippen LogP contribution is -2.31. The Labute approximate surface area is 149 Å². The van der Waals surface area contributed by atoms with Crippen molar-refractivity contribution in [3.05, 3.63) is 59.7 Å². The van der Waals surface area contributed by atoms with E-state index in [9.17, 15) is 4.79 Å². The lowest BCUT2D eigenvalue weighted by Gasteiger charge is -2.17. The first kappa shape index (κ1) is 17.2. The van der Waals surface area contributed by atoms with Crippen LogP contribution in [0.2, 0.25) is 0 Å². The highest BCUT2D eigenvalue weighted by Crippen LogP contribution is 2.30. The van der Waals surface area contributed by atoms with Gasteiger partial charge >= 0.3 is 0 Å². The Bertz CT molecular complexity index is 796. The van der Waals surface area contributed by atoms with Crippen LogP contribution in [0.1, 0.15) is 31.4 Å². The van der Waals surface area contributed by atoms with Gasteiger partial charge in [0.25, 0.3) is 0 Å². The van der Waals surface area contributed by atoms with Gasteiger partial charge < -0.3 is 10.2 Å². The van der Waals surface area contributed by atoms with E-state index in [0.717, 1.165) is 34.6 Å². The van der Waals surface area contributed by atoms with Crippen LogP contribution in [-0.4, -0.2) is 31.8 Å². The summed E-state index contributed by atoms with van der Waals surface area (Å²) < 4.78 is 0. The van der Waals surface area contributed by atoms with Crippen molar-refractivity contribution in [2.24, 2.45) is 10.9 Å². The summed E-state index contributed by atoms with van der Waals surface area (Å²) in [7, 11) is 4.02. The number of amides is 1. The van der Waals surface area contributed by atoms with Crippen molar-refractivity contribution in [3.8, 4) is 0 Å². The highest BCUT2D eigenvalue weighted by molar-refractivity contribution is 6.20. The van der Waals surface area contributed by atoms with Gasteiger partial charge in [-0.05, 0) is 24.1 Å². The molecule has 0 bridgehead atoms. The predicted octanol–water partition coefficient (Wildman–Crippen LogP) is 3.96. The van der Waals surface area contributed by atoms with Gasteiger partial charge in [0.1, 0.15) is 6.04 Å². The second-order valence-electron chi connectivity index (χ2n) is 6.79. The topological polar surface area (TPSA) is 44.7 Å². The number of fused-ring (bicyclic) bond motifs is 1. The minimum Gasteiger partial charge on any atom is -0.378 e. The third-order valence-corrected chi connectivity index (χ3v) is 4.80. The quantitative estimate of drug-likeness (QED) is 0.919. The van der Waals surface area contributed by atoms with E-state index >= 15 is 0 Å². The Morgan fingerprint density at radius 1 is 1.16 bits per heavy atom. The van der Waals surface area contributed by atoms with Crippen LogP contribution >= 0.6 is 0 Å². The van der Waals surface area contributed by atoms with Gasteiger partial charge in [0, 0.05) is 30.9 Å². The number of benzene rings is 2. The summed E-state index contributed by atoms with van der Waals surface area (Å²) in [5.41, 5.74) is 4.78. The average Bonchev–Trinajstić information content (AvgIpc) is 2.77. The molecule has 2 aromatic carbocycles. The highest BCUT2D eigenvalue weighted by atomic mass is 16.2. The molecule has 4 nitrogen and oxygen atoms in total. The molecule has 1 aliphatic heterocycles. The summed E-state index contributed by atoms with van der Waals surface area (Å²) >= 11 is 0. The van der Waals surface area contributed by atoms with E-state index in [2.05, 4.69) is 42.3 Å². The first-order valence-electron chi connectivity index (χ1n) is 8.77. The van der Waals surface area contributed by atoms with Crippen LogP contribution in [-0.2, 0) is 4.79 Å². The summed E-state index contributed by atoms with van der Waals surface area (Å²) in [4.78, 5) is 19.7. The summed E-state index contributed by atoms with van der Waals surface area (Å²) in [6.07, 6.45) is 0.906.